The van der Waals surface area contributed by atoms with E-state index in [4.69, 9.17) is 9.47 Å². The van der Waals surface area contributed by atoms with Crippen LogP contribution in [0.25, 0.3) is 10.8 Å². The monoisotopic (exact) mass is 377 g/mol. The molecule has 0 aliphatic heterocycles. The Kier molecular flexibility index (Phi) is 5.94. The van der Waals surface area contributed by atoms with Crippen molar-refractivity contribution in [1.29, 1.82) is 0 Å². The van der Waals surface area contributed by atoms with Gasteiger partial charge in [0.25, 0.3) is 5.91 Å². The molecular weight excluding hydrogens is 354 g/mol. The van der Waals surface area contributed by atoms with E-state index in [0.717, 1.165) is 16.5 Å². The lowest BCUT2D eigenvalue weighted by Crippen LogP contribution is -2.39. The van der Waals surface area contributed by atoms with Gasteiger partial charge >= 0.3 is 5.97 Å². The average Bonchev–Trinajstić information content (AvgIpc) is 2.71. The van der Waals surface area contributed by atoms with Crippen LogP contribution < -0.4 is 9.64 Å². The van der Waals surface area contributed by atoms with Crippen LogP contribution in [0.15, 0.2) is 66.7 Å². The summed E-state index contributed by atoms with van der Waals surface area (Å²) in [7, 11) is 1.50. The number of para-hydroxylation sites is 1. The van der Waals surface area contributed by atoms with Gasteiger partial charge < -0.3 is 14.4 Å². The Bertz CT molecular complexity index is 982. The molecule has 5 heteroatoms. The standard InChI is InChI=1S/C23H23NO4/c1-16(2)24(19-11-5-4-6-12-19)22(25)15-28-23(26)20-13-17-9-7-8-10-18(17)14-21(20)27-3/h4-14,16H,15H2,1-3H3. The molecule has 0 N–H and O–H groups in total. The maximum atomic E-state index is 12.7. The molecule has 0 bridgehead atoms. The van der Waals surface area contributed by atoms with Gasteiger partial charge in [0.15, 0.2) is 6.61 Å². The molecule has 0 aliphatic rings. The molecule has 0 saturated carbocycles. The van der Waals surface area contributed by atoms with Crippen molar-refractivity contribution in [2.45, 2.75) is 19.9 Å². The van der Waals surface area contributed by atoms with Gasteiger partial charge in [0.05, 0.1) is 7.11 Å². The van der Waals surface area contributed by atoms with E-state index in [9.17, 15) is 9.59 Å². The second kappa shape index (κ2) is 8.57. The summed E-state index contributed by atoms with van der Waals surface area (Å²) in [6, 6.07) is 20.4. The number of amides is 1. The molecule has 144 valence electrons. The van der Waals surface area contributed by atoms with Crippen LogP contribution in [-0.2, 0) is 9.53 Å². The predicted octanol–water partition coefficient (Wildman–Crippen LogP) is 4.45. The Labute approximate surface area is 164 Å². The summed E-state index contributed by atoms with van der Waals surface area (Å²) < 4.78 is 10.7. The van der Waals surface area contributed by atoms with E-state index < -0.39 is 5.97 Å². The van der Waals surface area contributed by atoms with Gasteiger partial charge in [-0.15, -0.1) is 0 Å². The first kappa shape index (κ1) is 19.4. The van der Waals surface area contributed by atoms with Gasteiger partial charge in [-0.05, 0) is 48.9 Å². The number of rotatable bonds is 6. The van der Waals surface area contributed by atoms with Crippen molar-refractivity contribution < 1.29 is 19.1 Å². The van der Waals surface area contributed by atoms with E-state index in [1.54, 1.807) is 17.0 Å². The quantitative estimate of drug-likeness (QED) is 0.596. The van der Waals surface area contributed by atoms with E-state index >= 15 is 0 Å². The number of anilines is 1. The number of benzene rings is 3. The SMILES string of the molecule is COc1cc2ccccc2cc1C(=O)OCC(=O)N(c1ccccc1)C(C)C. The van der Waals surface area contributed by atoms with Crippen LogP contribution in [0, 0.1) is 0 Å². The first-order valence-electron chi connectivity index (χ1n) is 9.12. The first-order chi connectivity index (χ1) is 13.5. The molecule has 5 nitrogen and oxygen atoms in total. The van der Waals surface area contributed by atoms with Crippen molar-refractivity contribution >= 4 is 28.3 Å². The number of hydrogen-bond acceptors (Lipinski definition) is 4. The van der Waals surface area contributed by atoms with Crippen molar-refractivity contribution in [3.63, 3.8) is 0 Å². The Morgan fingerprint density at radius 2 is 1.54 bits per heavy atom. The lowest BCUT2D eigenvalue weighted by molar-refractivity contribution is -0.122. The first-order valence-corrected chi connectivity index (χ1v) is 9.12. The molecule has 0 spiro atoms. The molecule has 3 aromatic rings. The Balaban J connectivity index is 1.78. The number of carbonyl (C=O) groups excluding carboxylic acids is 2. The summed E-state index contributed by atoms with van der Waals surface area (Å²) in [5.41, 5.74) is 1.06. The van der Waals surface area contributed by atoms with Gasteiger partial charge in [0.1, 0.15) is 11.3 Å². The molecule has 0 radical (unpaired) electrons. The fourth-order valence-corrected chi connectivity index (χ4v) is 3.14. The highest BCUT2D eigenvalue weighted by atomic mass is 16.5. The Hall–Kier alpha value is -3.34. The number of ether oxygens (including phenoxy) is 2. The van der Waals surface area contributed by atoms with Crippen LogP contribution >= 0.6 is 0 Å². The highest BCUT2D eigenvalue weighted by molar-refractivity contribution is 6.01. The van der Waals surface area contributed by atoms with Crippen LogP contribution in [0.5, 0.6) is 5.75 Å². The molecule has 0 atom stereocenters. The molecule has 0 unspecified atom stereocenters. The third kappa shape index (κ3) is 4.14. The fraction of sp³-hybridized carbons (Fsp3) is 0.217. The molecule has 28 heavy (non-hydrogen) atoms. The number of fused-ring (bicyclic) bond motifs is 1. The average molecular weight is 377 g/mol. The van der Waals surface area contributed by atoms with Crippen LogP contribution in [0.4, 0.5) is 5.69 Å². The molecule has 3 aromatic carbocycles. The predicted molar refractivity (Wildman–Crippen MR) is 110 cm³/mol. The van der Waals surface area contributed by atoms with E-state index in [0.29, 0.717) is 11.3 Å². The summed E-state index contributed by atoms with van der Waals surface area (Å²) in [4.78, 5) is 26.9. The molecule has 0 aromatic heterocycles. The van der Waals surface area contributed by atoms with Gasteiger partial charge in [0, 0.05) is 11.7 Å². The molecule has 0 aliphatic carbocycles. The zero-order valence-electron chi connectivity index (χ0n) is 16.2. The highest BCUT2D eigenvalue weighted by Gasteiger charge is 2.22. The molecular formula is C23H23NO4. The van der Waals surface area contributed by atoms with Crippen molar-refractivity contribution in [2.75, 3.05) is 18.6 Å². The lowest BCUT2D eigenvalue weighted by Gasteiger charge is -2.26. The summed E-state index contributed by atoms with van der Waals surface area (Å²) in [6.45, 7) is 3.49. The minimum Gasteiger partial charge on any atom is -0.496 e. The Morgan fingerprint density at radius 3 is 2.14 bits per heavy atom. The number of hydrogen-bond donors (Lipinski definition) is 0. The second-order valence-corrected chi connectivity index (χ2v) is 6.67. The van der Waals surface area contributed by atoms with E-state index in [1.165, 1.54) is 7.11 Å². The largest absolute Gasteiger partial charge is 0.496 e. The summed E-state index contributed by atoms with van der Waals surface area (Å²) in [5.74, 6) is -0.457. The number of carbonyl (C=O) groups is 2. The summed E-state index contributed by atoms with van der Waals surface area (Å²) >= 11 is 0. The summed E-state index contributed by atoms with van der Waals surface area (Å²) in [5, 5.41) is 1.86. The minimum absolute atomic E-state index is 0.0659. The normalized spacial score (nSPS) is 10.7. The topological polar surface area (TPSA) is 55.8 Å². The van der Waals surface area contributed by atoms with E-state index in [1.807, 2.05) is 68.4 Å². The fourth-order valence-electron chi connectivity index (χ4n) is 3.14. The lowest BCUT2D eigenvalue weighted by atomic mass is 10.1. The third-order valence-electron chi connectivity index (χ3n) is 4.43. The van der Waals surface area contributed by atoms with Gasteiger partial charge in [0.2, 0.25) is 0 Å². The van der Waals surface area contributed by atoms with Crippen LogP contribution in [0.3, 0.4) is 0 Å². The number of esters is 1. The molecule has 0 fully saturated rings. The maximum absolute atomic E-state index is 12.7. The van der Waals surface area contributed by atoms with E-state index in [-0.39, 0.29) is 18.6 Å². The molecule has 0 heterocycles. The number of methoxy groups -OCH3 is 1. The Morgan fingerprint density at radius 1 is 0.929 bits per heavy atom. The van der Waals surface area contributed by atoms with Crippen molar-refractivity contribution in [1.82, 2.24) is 0 Å². The van der Waals surface area contributed by atoms with Crippen LogP contribution in [-0.4, -0.2) is 31.6 Å². The highest BCUT2D eigenvalue weighted by Crippen LogP contribution is 2.26. The van der Waals surface area contributed by atoms with Crippen molar-refractivity contribution in [3.8, 4) is 5.75 Å². The molecule has 1 amide bonds. The van der Waals surface area contributed by atoms with E-state index in [2.05, 4.69) is 0 Å². The zero-order valence-corrected chi connectivity index (χ0v) is 16.2. The molecule has 0 saturated heterocycles. The minimum atomic E-state index is -0.590. The van der Waals surface area contributed by atoms with Gasteiger partial charge in [-0.25, -0.2) is 4.79 Å². The van der Waals surface area contributed by atoms with Gasteiger partial charge in [-0.2, -0.15) is 0 Å². The van der Waals surface area contributed by atoms with Gasteiger partial charge in [-0.1, -0.05) is 42.5 Å². The zero-order chi connectivity index (χ0) is 20.1. The van der Waals surface area contributed by atoms with Gasteiger partial charge in [-0.3, -0.25) is 4.79 Å². The third-order valence-corrected chi connectivity index (χ3v) is 4.43. The number of nitrogens with zero attached hydrogens (tertiary/aromatic N) is 1. The smallest absolute Gasteiger partial charge is 0.342 e. The van der Waals surface area contributed by atoms with Crippen LogP contribution in [0.1, 0.15) is 24.2 Å². The van der Waals surface area contributed by atoms with Crippen molar-refractivity contribution in [2.24, 2.45) is 0 Å². The molecule has 3 rings (SSSR count). The van der Waals surface area contributed by atoms with Crippen molar-refractivity contribution in [3.05, 3.63) is 72.3 Å². The maximum Gasteiger partial charge on any atom is 0.342 e. The second-order valence-electron chi connectivity index (χ2n) is 6.67. The summed E-state index contributed by atoms with van der Waals surface area (Å²) in [6.07, 6.45) is 0. The van der Waals surface area contributed by atoms with Crippen LogP contribution in [0.2, 0.25) is 0 Å².